The van der Waals surface area contributed by atoms with E-state index >= 15 is 0 Å². The molecule has 3 heterocycles. The molecule has 1 amide bonds. The molecule has 0 unspecified atom stereocenters. The molecule has 0 radical (unpaired) electrons. The molecule has 1 atom stereocenters. The van der Waals surface area contributed by atoms with E-state index in [2.05, 4.69) is 0 Å². The van der Waals surface area contributed by atoms with Crippen LogP contribution in [0.2, 0.25) is 0 Å². The van der Waals surface area contributed by atoms with E-state index in [0.717, 1.165) is 22.6 Å². The first-order chi connectivity index (χ1) is 22.5. The van der Waals surface area contributed by atoms with E-state index in [9.17, 15) is 14.4 Å². The van der Waals surface area contributed by atoms with Crippen LogP contribution in [0.3, 0.4) is 0 Å². The third-order valence-electron chi connectivity index (χ3n) is 8.09. The van der Waals surface area contributed by atoms with Gasteiger partial charge in [-0.15, -0.1) is 0 Å². The standard InChI is InChI=1S/C37H29N3O5S/c1-3-45-36(43)30-31(24-15-8-5-9-16-24)38-37-40(32(30)25-17-12-18-26(21-25)44-2)35(42)33(46-37)29-27-19-10-11-20-28(27)39(34(29)41)22-23-13-6-4-7-14-23/h4-21,32H,3,22H2,1-2H3/b33-29-/t32-/m0/s1. The highest BCUT2D eigenvalue weighted by molar-refractivity contribution is 7.07. The van der Waals surface area contributed by atoms with Crippen LogP contribution in [0.1, 0.15) is 35.2 Å². The van der Waals surface area contributed by atoms with Crippen molar-refractivity contribution in [3.05, 3.63) is 157 Å². The van der Waals surface area contributed by atoms with Crippen molar-refractivity contribution in [3.63, 3.8) is 0 Å². The Morgan fingerprint density at radius 1 is 0.891 bits per heavy atom. The van der Waals surface area contributed by atoms with Crippen LogP contribution in [-0.2, 0) is 20.9 Å². The molecular weight excluding hydrogens is 598 g/mol. The molecule has 9 heteroatoms. The first kappa shape index (κ1) is 29.2. The summed E-state index contributed by atoms with van der Waals surface area (Å²) in [5.74, 6) is -0.270. The number of benzene rings is 4. The van der Waals surface area contributed by atoms with Gasteiger partial charge in [0, 0.05) is 11.1 Å². The van der Waals surface area contributed by atoms with Crippen LogP contribution < -0.4 is 24.5 Å². The van der Waals surface area contributed by atoms with Crippen molar-refractivity contribution in [2.45, 2.75) is 19.5 Å². The number of esters is 1. The minimum atomic E-state index is -0.887. The summed E-state index contributed by atoms with van der Waals surface area (Å²) < 4.78 is 12.9. The Morgan fingerprint density at radius 2 is 1.61 bits per heavy atom. The fourth-order valence-electron chi connectivity index (χ4n) is 6.04. The van der Waals surface area contributed by atoms with Gasteiger partial charge in [0.1, 0.15) is 10.3 Å². The predicted octanol–water partition coefficient (Wildman–Crippen LogP) is 4.86. The highest BCUT2D eigenvalue weighted by Gasteiger charge is 2.38. The molecular formula is C37H29N3O5S. The van der Waals surface area contributed by atoms with Crippen LogP contribution in [0, 0.1) is 0 Å². The molecule has 0 aliphatic carbocycles. The number of carbonyl (C=O) groups is 2. The number of ether oxygens (including phenoxy) is 2. The number of aromatic nitrogens is 1. The molecule has 2 aliphatic rings. The molecule has 0 bridgehead atoms. The average molecular weight is 628 g/mol. The van der Waals surface area contributed by atoms with Gasteiger partial charge in [0.15, 0.2) is 4.80 Å². The molecule has 0 fully saturated rings. The SMILES string of the molecule is CCOC(=O)C1=C(c2ccccc2)N=c2s/c(=C3\C(=O)N(Cc4ccccc4)c4ccccc43)c(=O)n2[C@H]1c1cccc(OC)c1. The third-order valence-corrected chi connectivity index (χ3v) is 9.15. The molecule has 1 aromatic heterocycles. The van der Waals surface area contributed by atoms with Crippen molar-refractivity contribution in [3.8, 4) is 5.75 Å². The molecule has 0 saturated heterocycles. The van der Waals surface area contributed by atoms with Crippen molar-refractivity contribution in [2.24, 2.45) is 4.99 Å². The van der Waals surface area contributed by atoms with Crippen LogP contribution in [-0.4, -0.2) is 30.2 Å². The van der Waals surface area contributed by atoms with Crippen molar-refractivity contribution in [1.29, 1.82) is 0 Å². The number of carbonyl (C=O) groups excluding carboxylic acids is 2. The molecule has 8 nitrogen and oxygen atoms in total. The maximum absolute atomic E-state index is 14.6. The Kier molecular flexibility index (Phi) is 7.68. The maximum Gasteiger partial charge on any atom is 0.338 e. The fourth-order valence-corrected chi connectivity index (χ4v) is 7.13. The zero-order valence-electron chi connectivity index (χ0n) is 25.2. The molecule has 4 aromatic carbocycles. The van der Waals surface area contributed by atoms with Gasteiger partial charge >= 0.3 is 5.97 Å². The van der Waals surface area contributed by atoms with Crippen molar-refractivity contribution >= 4 is 40.2 Å². The Morgan fingerprint density at radius 3 is 2.35 bits per heavy atom. The number of para-hydroxylation sites is 1. The van der Waals surface area contributed by atoms with Gasteiger partial charge in [0.05, 0.1) is 48.8 Å². The lowest BCUT2D eigenvalue weighted by Crippen LogP contribution is -2.41. The minimum Gasteiger partial charge on any atom is -0.497 e. The Hall–Kier alpha value is -5.54. The smallest absolute Gasteiger partial charge is 0.338 e. The highest BCUT2D eigenvalue weighted by atomic mass is 32.1. The quantitative estimate of drug-likeness (QED) is 0.241. The van der Waals surface area contributed by atoms with Crippen molar-refractivity contribution in [1.82, 2.24) is 4.57 Å². The summed E-state index contributed by atoms with van der Waals surface area (Å²) in [6.45, 7) is 2.24. The largest absolute Gasteiger partial charge is 0.497 e. The molecule has 0 saturated carbocycles. The summed E-state index contributed by atoms with van der Waals surface area (Å²) in [4.78, 5) is 49.7. The number of thiazole rings is 1. The first-order valence-corrected chi connectivity index (χ1v) is 15.7. The normalized spacial score (nSPS) is 16.5. The van der Waals surface area contributed by atoms with E-state index in [0.29, 0.717) is 45.1 Å². The van der Waals surface area contributed by atoms with E-state index < -0.39 is 17.6 Å². The van der Waals surface area contributed by atoms with Gasteiger partial charge in [0.2, 0.25) is 0 Å². The number of hydrogen-bond acceptors (Lipinski definition) is 7. The van der Waals surface area contributed by atoms with Crippen LogP contribution in [0.25, 0.3) is 11.3 Å². The van der Waals surface area contributed by atoms with E-state index in [1.807, 2.05) is 97.1 Å². The molecule has 46 heavy (non-hydrogen) atoms. The number of rotatable bonds is 7. The van der Waals surface area contributed by atoms with E-state index in [1.165, 1.54) is 4.57 Å². The number of amides is 1. The van der Waals surface area contributed by atoms with E-state index in [4.69, 9.17) is 14.5 Å². The van der Waals surface area contributed by atoms with Crippen LogP contribution in [0.5, 0.6) is 5.75 Å². The second kappa shape index (κ2) is 12.1. The molecule has 5 aromatic rings. The predicted molar refractivity (Wildman–Crippen MR) is 177 cm³/mol. The van der Waals surface area contributed by atoms with Gasteiger partial charge in [-0.05, 0) is 36.2 Å². The number of methoxy groups -OCH3 is 1. The lowest BCUT2D eigenvalue weighted by molar-refractivity contribution is -0.138. The molecule has 228 valence electrons. The lowest BCUT2D eigenvalue weighted by Gasteiger charge is -2.26. The first-order valence-electron chi connectivity index (χ1n) is 14.9. The Bertz CT molecular complexity index is 2200. The molecule has 2 aliphatic heterocycles. The fraction of sp³-hybridized carbons (Fsp3) is 0.135. The van der Waals surface area contributed by atoms with Crippen molar-refractivity contribution < 1.29 is 19.1 Å². The van der Waals surface area contributed by atoms with Crippen LogP contribution in [0.15, 0.2) is 125 Å². The lowest BCUT2D eigenvalue weighted by atomic mass is 9.93. The van der Waals surface area contributed by atoms with E-state index in [-0.39, 0.29) is 22.6 Å². The second-order valence-corrected chi connectivity index (χ2v) is 11.8. The molecule has 0 N–H and O–H groups in total. The average Bonchev–Trinajstić information content (AvgIpc) is 3.56. The van der Waals surface area contributed by atoms with Gasteiger partial charge in [-0.2, -0.15) is 0 Å². The summed E-state index contributed by atoms with van der Waals surface area (Å²) in [7, 11) is 1.56. The summed E-state index contributed by atoms with van der Waals surface area (Å²) >= 11 is 1.15. The zero-order valence-corrected chi connectivity index (χ0v) is 26.0. The minimum absolute atomic E-state index is 0.145. The molecule has 0 spiro atoms. The third kappa shape index (κ3) is 4.95. The van der Waals surface area contributed by atoms with E-state index in [1.54, 1.807) is 31.1 Å². The Labute approximate surface area is 268 Å². The summed E-state index contributed by atoms with van der Waals surface area (Å²) in [5, 5.41) is 0. The number of anilines is 1. The maximum atomic E-state index is 14.6. The zero-order chi connectivity index (χ0) is 31.8. The number of nitrogens with zero attached hydrogens (tertiary/aromatic N) is 3. The number of fused-ring (bicyclic) bond motifs is 2. The highest BCUT2D eigenvalue weighted by Crippen LogP contribution is 2.38. The van der Waals surface area contributed by atoms with Gasteiger partial charge < -0.3 is 14.4 Å². The van der Waals surface area contributed by atoms with Crippen LogP contribution >= 0.6 is 11.3 Å². The van der Waals surface area contributed by atoms with Crippen molar-refractivity contribution in [2.75, 3.05) is 18.6 Å². The van der Waals surface area contributed by atoms with Gasteiger partial charge in [0.25, 0.3) is 11.5 Å². The van der Waals surface area contributed by atoms with Gasteiger partial charge in [-0.3, -0.25) is 14.2 Å². The Balaban J connectivity index is 1.52. The topological polar surface area (TPSA) is 90.2 Å². The number of hydrogen-bond donors (Lipinski definition) is 0. The second-order valence-electron chi connectivity index (χ2n) is 10.8. The van der Waals surface area contributed by atoms with Crippen LogP contribution in [0.4, 0.5) is 5.69 Å². The summed E-state index contributed by atoms with van der Waals surface area (Å²) in [6, 6.07) is 33.0. The monoisotopic (exact) mass is 627 g/mol. The van der Waals surface area contributed by atoms with Gasteiger partial charge in [-0.25, -0.2) is 9.79 Å². The summed E-state index contributed by atoms with van der Waals surface area (Å²) in [5.41, 5.74) is 4.29. The molecule has 7 rings (SSSR count). The summed E-state index contributed by atoms with van der Waals surface area (Å²) in [6.07, 6.45) is 0. The van der Waals surface area contributed by atoms with Gasteiger partial charge in [-0.1, -0.05) is 102 Å².